The van der Waals surface area contributed by atoms with Gasteiger partial charge in [0.05, 0.1) is 18.4 Å². The summed E-state index contributed by atoms with van der Waals surface area (Å²) in [7, 11) is -1.21. The molecule has 1 N–H and O–H groups in total. The number of nitrogens with zero attached hydrogens (tertiary/aromatic N) is 1. The Morgan fingerprint density at radius 2 is 1.79 bits per heavy atom. The van der Waals surface area contributed by atoms with Gasteiger partial charge in [0, 0.05) is 7.05 Å². The topological polar surface area (TPSA) is 83.9 Å². The third-order valence-corrected chi connectivity index (χ3v) is 5.53. The van der Waals surface area contributed by atoms with Crippen molar-refractivity contribution in [3.63, 3.8) is 0 Å². The first-order valence-electron chi connectivity index (χ1n) is 7.16. The number of aromatic carboxylic acids is 1. The number of carboxylic acid groups (broad SMARTS) is 1. The van der Waals surface area contributed by atoms with Gasteiger partial charge in [0.1, 0.15) is 10.6 Å². The van der Waals surface area contributed by atoms with Crippen LogP contribution in [0.1, 0.15) is 21.5 Å². The lowest BCUT2D eigenvalue weighted by molar-refractivity contribution is 0.0696. The first-order chi connectivity index (χ1) is 11.2. The molecule has 0 fully saturated rings. The van der Waals surface area contributed by atoms with Crippen molar-refractivity contribution in [1.82, 2.24) is 0 Å². The van der Waals surface area contributed by atoms with Crippen LogP contribution in [0.5, 0.6) is 5.75 Å². The van der Waals surface area contributed by atoms with Crippen LogP contribution < -0.4 is 9.04 Å². The van der Waals surface area contributed by atoms with Gasteiger partial charge in [-0.05, 0) is 43.7 Å². The van der Waals surface area contributed by atoms with Gasteiger partial charge in [-0.15, -0.1) is 0 Å². The van der Waals surface area contributed by atoms with Gasteiger partial charge < -0.3 is 9.84 Å². The van der Waals surface area contributed by atoms with Crippen molar-refractivity contribution in [3.8, 4) is 5.75 Å². The summed E-state index contributed by atoms with van der Waals surface area (Å²) < 4.78 is 32.2. The van der Waals surface area contributed by atoms with Crippen LogP contribution >= 0.6 is 0 Å². The lowest BCUT2D eigenvalue weighted by atomic mass is 10.1. The van der Waals surface area contributed by atoms with Gasteiger partial charge >= 0.3 is 5.97 Å². The van der Waals surface area contributed by atoms with Crippen LogP contribution in [0.4, 0.5) is 5.69 Å². The Hall–Kier alpha value is -2.54. The molecule has 0 radical (unpaired) electrons. The number of methoxy groups -OCH3 is 1. The molecule has 2 aromatic rings. The van der Waals surface area contributed by atoms with E-state index in [9.17, 15) is 13.2 Å². The summed E-state index contributed by atoms with van der Waals surface area (Å²) in [5.74, 6) is -1.11. The fourth-order valence-electron chi connectivity index (χ4n) is 2.45. The minimum atomic E-state index is -3.98. The number of carboxylic acids is 1. The van der Waals surface area contributed by atoms with E-state index in [1.165, 1.54) is 26.3 Å². The SMILES string of the molecule is COc1ccc(C(=O)O)cc1S(=O)(=O)N(C)c1ccc(C)cc1C. The van der Waals surface area contributed by atoms with E-state index in [4.69, 9.17) is 9.84 Å². The minimum Gasteiger partial charge on any atom is -0.495 e. The van der Waals surface area contributed by atoms with Gasteiger partial charge in [0.2, 0.25) is 0 Å². The van der Waals surface area contributed by atoms with E-state index < -0.39 is 16.0 Å². The highest BCUT2D eigenvalue weighted by Gasteiger charge is 2.27. The molecule has 2 aromatic carbocycles. The molecule has 0 bridgehead atoms. The van der Waals surface area contributed by atoms with Crippen LogP contribution in [-0.4, -0.2) is 33.7 Å². The number of carbonyl (C=O) groups is 1. The second-order valence-corrected chi connectivity index (χ2v) is 7.37. The average Bonchev–Trinajstić information content (AvgIpc) is 2.53. The molecule has 2 rings (SSSR count). The molecule has 0 aliphatic rings. The van der Waals surface area contributed by atoms with E-state index in [2.05, 4.69) is 0 Å². The molecular weight excluding hydrogens is 330 g/mol. The first kappa shape index (κ1) is 17.8. The van der Waals surface area contributed by atoms with Gasteiger partial charge in [-0.25, -0.2) is 13.2 Å². The maximum absolute atomic E-state index is 13.0. The molecule has 0 unspecified atom stereocenters. The van der Waals surface area contributed by atoms with Crippen molar-refractivity contribution in [2.75, 3.05) is 18.5 Å². The van der Waals surface area contributed by atoms with Crippen molar-refractivity contribution in [3.05, 3.63) is 53.1 Å². The van der Waals surface area contributed by atoms with E-state index in [1.54, 1.807) is 6.07 Å². The van der Waals surface area contributed by atoms with Gasteiger partial charge in [0.15, 0.2) is 0 Å². The molecule has 0 amide bonds. The van der Waals surface area contributed by atoms with Crippen molar-refractivity contribution < 1.29 is 23.1 Å². The van der Waals surface area contributed by atoms with Crippen LogP contribution in [0.15, 0.2) is 41.3 Å². The van der Waals surface area contributed by atoms with E-state index >= 15 is 0 Å². The summed E-state index contributed by atoms with van der Waals surface area (Å²) in [6.07, 6.45) is 0. The summed E-state index contributed by atoms with van der Waals surface area (Å²) in [5.41, 5.74) is 2.22. The molecular formula is C17H19NO5S. The molecule has 128 valence electrons. The molecule has 6 nitrogen and oxygen atoms in total. The highest BCUT2D eigenvalue weighted by atomic mass is 32.2. The quantitative estimate of drug-likeness (QED) is 0.897. The average molecular weight is 349 g/mol. The van der Waals surface area contributed by atoms with Crippen LogP contribution in [0.2, 0.25) is 0 Å². The molecule has 0 aliphatic carbocycles. The Bertz CT molecular complexity index is 890. The Kier molecular flexibility index (Phi) is 4.84. The van der Waals surface area contributed by atoms with Crippen LogP contribution in [0.25, 0.3) is 0 Å². The van der Waals surface area contributed by atoms with Gasteiger partial charge in [-0.3, -0.25) is 4.31 Å². The summed E-state index contributed by atoms with van der Waals surface area (Å²) in [5, 5.41) is 9.12. The standard InChI is InChI=1S/C17H19NO5S/c1-11-5-7-14(12(2)9-11)18(3)24(21,22)16-10-13(17(19)20)6-8-15(16)23-4/h5-10H,1-4H3,(H,19,20). The Balaban J connectivity index is 2.61. The zero-order valence-electron chi connectivity index (χ0n) is 13.9. The highest BCUT2D eigenvalue weighted by molar-refractivity contribution is 7.93. The van der Waals surface area contributed by atoms with E-state index in [0.29, 0.717) is 5.69 Å². The number of ether oxygens (including phenoxy) is 1. The molecule has 0 saturated carbocycles. The monoisotopic (exact) mass is 349 g/mol. The zero-order chi connectivity index (χ0) is 18.1. The maximum Gasteiger partial charge on any atom is 0.335 e. The Morgan fingerprint density at radius 1 is 1.12 bits per heavy atom. The number of anilines is 1. The number of benzene rings is 2. The van der Waals surface area contributed by atoms with Crippen molar-refractivity contribution in [2.24, 2.45) is 0 Å². The van der Waals surface area contributed by atoms with Crippen LogP contribution in [0, 0.1) is 13.8 Å². The second kappa shape index (κ2) is 6.52. The van der Waals surface area contributed by atoms with Gasteiger partial charge in [0.25, 0.3) is 10.0 Å². The van der Waals surface area contributed by atoms with E-state index in [1.807, 2.05) is 26.0 Å². The maximum atomic E-state index is 13.0. The van der Waals surface area contributed by atoms with E-state index in [0.717, 1.165) is 21.5 Å². The van der Waals surface area contributed by atoms with Crippen molar-refractivity contribution >= 4 is 21.7 Å². The summed E-state index contributed by atoms with van der Waals surface area (Å²) in [6.45, 7) is 3.74. The van der Waals surface area contributed by atoms with Crippen LogP contribution in [0.3, 0.4) is 0 Å². The minimum absolute atomic E-state index is 0.0941. The van der Waals surface area contributed by atoms with Gasteiger partial charge in [-0.1, -0.05) is 17.7 Å². The number of aryl methyl sites for hydroxylation is 2. The largest absolute Gasteiger partial charge is 0.495 e. The molecule has 24 heavy (non-hydrogen) atoms. The lowest BCUT2D eigenvalue weighted by Gasteiger charge is -2.23. The third kappa shape index (κ3) is 3.21. The van der Waals surface area contributed by atoms with Crippen LogP contribution in [-0.2, 0) is 10.0 Å². The molecule has 0 saturated heterocycles. The van der Waals surface area contributed by atoms with Crippen molar-refractivity contribution in [2.45, 2.75) is 18.7 Å². The fourth-order valence-corrected chi connectivity index (χ4v) is 3.89. The van der Waals surface area contributed by atoms with Crippen molar-refractivity contribution in [1.29, 1.82) is 0 Å². The number of sulfonamides is 1. The molecule has 7 heteroatoms. The first-order valence-corrected chi connectivity index (χ1v) is 8.60. The lowest BCUT2D eigenvalue weighted by Crippen LogP contribution is -2.28. The molecule has 0 aliphatic heterocycles. The number of rotatable bonds is 5. The normalized spacial score (nSPS) is 11.2. The predicted octanol–water partition coefficient (Wildman–Crippen LogP) is 2.84. The smallest absolute Gasteiger partial charge is 0.335 e. The van der Waals surface area contributed by atoms with E-state index in [-0.39, 0.29) is 16.2 Å². The highest BCUT2D eigenvalue weighted by Crippen LogP contribution is 2.31. The summed E-state index contributed by atoms with van der Waals surface area (Å²) >= 11 is 0. The molecule has 0 aromatic heterocycles. The number of hydrogen-bond donors (Lipinski definition) is 1. The molecule has 0 spiro atoms. The zero-order valence-corrected chi connectivity index (χ0v) is 14.7. The number of hydrogen-bond acceptors (Lipinski definition) is 4. The predicted molar refractivity (Wildman–Crippen MR) is 91.5 cm³/mol. The fraction of sp³-hybridized carbons (Fsp3) is 0.235. The third-order valence-electron chi connectivity index (χ3n) is 3.74. The second-order valence-electron chi connectivity index (χ2n) is 5.43. The summed E-state index contributed by atoms with van der Waals surface area (Å²) in [6, 6.07) is 9.17. The summed E-state index contributed by atoms with van der Waals surface area (Å²) in [4.78, 5) is 11.0. The Morgan fingerprint density at radius 3 is 2.33 bits per heavy atom. The van der Waals surface area contributed by atoms with Gasteiger partial charge in [-0.2, -0.15) is 0 Å². The molecule has 0 atom stereocenters. The Labute approximate surface area is 141 Å². The molecule has 0 heterocycles.